The third kappa shape index (κ3) is 15.9. The molecule has 0 aliphatic carbocycles. The van der Waals surface area contributed by atoms with Crippen molar-refractivity contribution in [2.24, 2.45) is 54.7 Å². The first-order chi connectivity index (χ1) is 14.9. The van der Waals surface area contributed by atoms with Crippen molar-refractivity contribution in [2.45, 2.75) is 79.1 Å². The van der Waals surface area contributed by atoms with Crippen LogP contribution < -0.4 is 33.6 Å². The fourth-order valence-corrected chi connectivity index (χ4v) is 2.90. The van der Waals surface area contributed by atoms with E-state index in [0.717, 1.165) is 25.7 Å². The second kappa shape index (κ2) is 18.3. The third-order valence-corrected chi connectivity index (χ3v) is 5.12. The number of nitrogens with two attached hydrogens (primary N) is 4. The van der Waals surface area contributed by atoms with Gasteiger partial charge in [0.1, 0.15) is 6.67 Å². The molecule has 0 aromatic rings. The van der Waals surface area contributed by atoms with E-state index >= 15 is 0 Å². The van der Waals surface area contributed by atoms with Crippen LogP contribution in [0.25, 0.3) is 0 Å². The van der Waals surface area contributed by atoms with Crippen LogP contribution in [0, 0.1) is 11.8 Å². The van der Waals surface area contributed by atoms with Gasteiger partial charge in [-0.25, -0.2) is 9.98 Å². The lowest BCUT2D eigenvalue weighted by Crippen LogP contribution is -2.43. The molecule has 0 bridgehead atoms. The first kappa shape index (κ1) is 28.5. The van der Waals surface area contributed by atoms with E-state index < -0.39 is 0 Å². The van der Waals surface area contributed by atoms with Crippen molar-refractivity contribution >= 4 is 23.8 Å². The molecular formula is C21H46N10. The van der Waals surface area contributed by atoms with Crippen molar-refractivity contribution in [3.8, 4) is 0 Å². The van der Waals surface area contributed by atoms with Crippen molar-refractivity contribution in [1.29, 1.82) is 0 Å². The van der Waals surface area contributed by atoms with E-state index in [1.807, 2.05) is 0 Å². The van der Waals surface area contributed by atoms with Gasteiger partial charge in [-0.1, -0.05) is 66.2 Å². The largest absolute Gasteiger partial charge is 0.370 e. The molecule has 31 heavy (non-hydrogen) atoms. The summed E-state index contributed by atoms with van der Waals surface area (Å²) in [4.78, 5) is 16.8. The minimum atomic E-state index is 0.0282. The molecule has 0 aromatic heterocycles. The Balaban J connectivity index is 4.46. The number of hydrogen-bond acceptors (Lipinski definition) is 4. The molecular weight excluding hydrogens is 392 g/mol. The molecule has 0 rings (SSSR count). The highest BCUT2D eigenvalue weighted by Crippen LogP contribution is 2.13. The van der Waals surface area contributed by atoms with Gasteiger partial charge >= 0.3 is 0 Å². The number of nitrogens with one attached hydrogen (secondary N) is 2. The molecule has 0 fully saturated rings. The second-order valence-electron chi connectivity index (χ2n) is 7.76. The molecule has 0 saturated heterocycles. The number of hydrogen-bond donors (Lipinski definition) is 6. The quantitative estimate of drug-likeness (QED) is 0.178. The van der Waals surface area contributed by atoms with E-state index in [1.54, 1.807) is 0 Å². The van der Waals surface area contributed by atoms with E-state index in [4.69, 9.17) is 22.9 Å². The fourth-order valence-electron chi connectivity index (χ4n) is 2.90. The summed E-state index contributed by atoms with van der Waals surface area (Å²) >= 11 is 0. The molecule has 2 unspecified atom stereocenters. The van der Waals surface area contributed by atoms with Crippen LogP contribution >= 0.6 is 0 Å². The zero-order valence-corrected chi connectivity index (χ0v) is 20.0. The Labute approximate surface area is 188 Å². The number of aliphatic imine (C=N–C) groups is 4. The molecule has 10 N–H and O–H groups in total. The normalized spacial score (nSPS) is 15.6. The van der Waals surface area contributed by atoms with Gasteiger partial charge in [0.05, 0.1) is 0 Å². The number of unbranched alkanes of at least 4 members (excludes halogenated alkanes) is 2. The standard InChI is InChI=1S/C21H46N10/c1-5-9-11-16(7-3)13-26-18(22)30-20(24)28-15-29-21(25)31-19(23)27-14-17(8-4)12-10-6-2/h16-17H,5-15H2,1-4H3,(H5,22,24,26,28,30)(H5,23,25,27,29,31). The Kier molecular flexibility index (Phi) is 16.8. The van der Waals surface area contributed by atoms with Crippen LogP contribution in [0.3, 0.4) is 0 Å². The van der Waals surface area contributed by atoms with Crippen LogP contribution in [0.1, 0.15) is 79.1 Å². The van der Waals surface area contributed by atoms with Crippen LogP contribution in [0.2, 0.25) is 0 Å². The zero-order valence-electron chi connectivity index (χ0n) is 20.0. The predicted molar refractivity (Wildman–Crippen MR) is 134 cm³/mol. The number of guanidine groups is 4. The summed E-state index contributed by atoms with van der Waals surface area (Å²) in [7, 11) is 0. The summed E-state index contributed by atoms with van der Waals surface area (Å²) in [6.07, 6.45) is 9.22. The maximum atomic E-state index is 5.88. The summed E-state index contributed by atoms with van der Waals surface area (Å²) in [5, 5.41) is 5.52. The Bertz CT molecular complexity index is 533. The second-order valence-corrected chi connectivity index (χ2v) is 7.76. The van der Waals surface area contributed by atoms with Gasteiger partial charge in [0.25, 0.3) is 0 Å². The van der Waals surface area contributed by atoms with E-state index in [9.17, 15) is 0 Å². The van der Waals surface area contributed by atoms with E-state index in [2.05, 4.69) is 58.3 Å². The molecule has 10 nitrogen and oxygen atoms in total. The SMILES string of the molecule is CCCCC(CC)CN=C(N)N/C(N)=N/C/N=C(\N)NC(N)=NCC(CC)CCCC. The molecule has 0 aromatic carbocycles. The van der Waals surface area contributed by atoms with Crippen molar-refractivity contribution in [3.63, 3.8) is 0 Å². The minimum Gasteiger partial charge on any atom is -0.370 e. The summed E-state index contributed by atoms with van der Waals surface area (Å²) in [6.45, 7) is 10.1. The molecule has 0 aliphatic rings. The summed E-state index contributed by atoms with van der Waals surface area (Å²) in [5.41, 5.74) is 23.4. The average molecular weight is 439 g/mol. The van der Waals surface area contributed by atoms with Crippen molar-refractivity contribution in [1.82, 2.24) is 10.6 Å². The highest BCUT2D eigenvalue weighted by atomic mass is 15.2. The Morgan fingerprint density at radius 3 is 1.29 bits per heavy atom. The number of nitrogens with zero attached hydrogens (tertiary/aromatic N) is 4. The van der Waals surface area contributed by atoms with E-state index in [-0.39, 0.29) is 30.5 Å². The first-order valence-electron chi connectivity index (χ1n) is 11.6. The molecule has 2 atom stereocenters. The van der Waals surface area contributed by atoms with Crippen LogP contribution in [-0.2, 0) is 0 Å². The third-order valence-electron chi connectivity index (χ3n) is 5.12. The molecule has 0 amide bonds. The lowest BCUT2D eigenvalue weighted by atomic mass is 10.00. The lowest BCUT2D eigenvalue weighted by Gasteiger charge is -2.12. The lowest BCUT2D eigenvalue weighted by molar-refractivity contribution is 0.462. The maximum Gasteiger partial charge on any atom is 0.197 e. The zero-order chi connectivity index (χ0) is 23.5. The fraction of sp³-hybridized carbons (Fsp3) is 0.810. The van der Waals surface area contributed by atoms with Crippen LogP contribution in [-0.4, -0.2) is 43.6 Å². The van der Waals surface area contributed by atoms with Gasteiger partial charge in [-0.2, -0.15) is 0 Å². The smallest absolute Gasteiger partial charge is 0.197 e. The van der Waals surface area contributed by atoms with Crippen LogP contribution in [0.4, 0.5) is 0 Å². The topological polar surface area (TPSA) is 178 Å². The maximum absolute atomic E-state index is 5.88. The molecule has 0 aliphatic heterocycles. The molecule has 180 valence electrons. The van der Waals surface area contributed by atoms with Gasteiger partial charge in [0, 0.05) is 13.1 Å². The molecule has 0 saturated carbocycles. The first-order valence-corrected chi connectivity index (χ1v) is 11.6. The molecule has 10 heteroatoms. The van der Waals surface area contributed by atoms with Crippen molar-refractivity contribution in [2.75, 3.05) is 19.8 Å². The van der Waals surface area contributed by atoms with E-state index in [1.165, 1.54) is 25.7 Å². The number of rotatable bonds is 14. The molecule has 0 spiro atoms. The van der Waals surface area contributed by atoms with Crippen LogP contribution in [0.5, 0.6) is 0 Å². The highest BCUT2D eigenvalue weighted by molar-refractivity contribution is 5.98. The van der Waals surface area contributed by atoms with Gasteiger partial charge in [-0.3, -0.25) is 20.6 Å². The van der Waals surface area contributed by atoms with Crippen molar-refractivity contribution < 1.29 is 0 Å². The van der Waals surface area contributed by atoms with Crippen molar-refractivity contribution in [3.05, 3.63) is 0 Å². The Morgan fingerprint density at radius 1 is 0.613 bits per heavy atom. The van der Waals surface area contributed by atoms with Gasteiger partial charge in [-0.05, 0) is 24.7 Å². The van der Waals surface area contributed by atoms with E-state index in [0.29, 0.717) is 24.9 Å². The van der Waals surface area contributed by atoms with Gasteiger partial charge < -0.3 is 22.9 Å². The average Bonchev–Trinajstić information content (AvgIpc) is 2.73. The molecule has 0 radical (unpaired) electrons. The summed E-state index contributed by atoms with van der Waals surface area (Å²) in [5.74, 6) is 1.80. The molecule has 0 heterocycles. The monoisotopic (exact) mass is 438 g/mol. The Morgan fingerprint density at radius 2 is 0.968 bits per heavy atom. The summed E-state index contributed by atoms with van der Waals surface area (Å²) in [6, 6.07) is 0. The van der Waals surface area contributed by atoms with Gasteiger partial charge in [-0.15, -0.1) is 0 Å². The van der Waals surface area contributed by atoms with Crippen LogP contribution in [0.15, 0.2) is 20.0 Å². The van der Waals surface area contributed by atoms with Gasteiger partial charge in [0.2, 0.25) is 0 Å². The predicted octanol–water partition coefficient (Wildman–Crippen LogP) is 1.81. The minimum absolute atomic E-state index is 0.0282. The summed E-state index contributed by atoms with van der Waals surface area (Å²) < 4.78 is 0. The highest BCUT2D eigenvalue weighted by Gasteiger charge is 2.06. The van der Waals surface area contributed by atoms with Gasteiger partial charge in [0.15, 0.2) is 23.8 Å². The Hall–Kier alpha value is -2.52.